The van der Waals surface area contributed by atoms with E-state index in [1.165, 1.54) is 6.20 Å². The first-order valence-corrected chi connectivity index (χ1v) is 8.48. The molecule has 0 bridgehead atoms. The number of rotatable bonds is 3. The van der Waals surface area contributed by atoms with Gasteiger partial charge in [-0.05, 0) is 49.2 Å². The van der Waals surface area contributed by atoms with Crippen LogP contribution in [-0.4, -0.2) is 34.8 Å². The van der Waals surface area contributed by atoms with Crippen LogP contribution in [0.4, 0.5) is 11.5 Å². The van der Waals surface area contributed by atoms with Gasteiger partial charge < -0.3 is 16.0 Å². The molecule has 0 aliphatic carbocycles. The molecular weight excluding hydrogens is 375 g/mol. The second-order valence-corrected chi connectivity index (χ2v) is 6.48. The molecule has 1 saturated heterocycles. The lowest BCUT2D eigenvalue weighted by molar-refractivity contribution is -0.121. The summed E-state index contributed by atoms with van der Waals surface area (Å²) in [6.45, 7) is 1.10. The molecule has 2 heterocycles. The Morgan fingerprint density at radius 2 is 1.77 bits per heavy atom. The van der Waals surface area contributed by atoms with Crippen molar-refractivity contribution in [3.05, 3.63) is 53.2 Å². The van der Waals surface area contributed by atoms with Crippen LogP contribution in [0.5, 0.6) is 0 Å². The number of anilines is 2. The van der Waals surface area contributed by atoms with Crippen molar-refractivity contribution in [3.63, 3.8) is 0 Å². The number of hydrogen-bond acceptors (Lipinski definition) is 4. The van der Waals surface area contributed by atoms with Gasteiger partial charge in [-0.2, -0.15) is 0 Å². The van der Waals surface area contributed by atoms with Crippen LogP contribution in [0.3, 0.4) is 0 Å². The predicted molar refractivity (Wildman–Crippen MR) is 105 cm³/mol. The van der Waals surface area contributed by atoms with E-state index in [9.17, 15) is 9.59 Å². The van der Waals surface area contributed by atoms with E-state index in [2.05, 4.69) is 10.3 Å². The predicted octanol–water partition coefficient (Wildman–Crippen LogP) is 3.23. The molecule has 0 atom stereocenters. The molecule has 1 aliphatic rings. The number of benzene rings is 1. The molecule has 1 fully saturated rings. The van der Waals surface area contributed by atoms with Crippen molar-refractivity contribution < 1.29 is 9.59 Å². The summed E-state index contributed by atoms with van der Waals surface area (Å²) >= 11 is 5.78. The molecule has 3 N–H and O–H groups in total. The lowest BCUT2D eigenvalue weighted by Crippen LogP contribution is -2.41. The number of aromatic nitrogens is 1. The first-order valence-electron chi connectivity index (χ1n) is 8.10. The Kier molecular flexibility index (Phi) is 6.83. The molecule has 3 rings (SSSR count). The zero-order valence-corrected chi connectivity index (χ0v) is 15.6. The molecule has 26 heavy (non-hydrogen) atoms. The SMILES string of the molecule is Cl.Nc1ccc(C(=O)N2CCC(C(=O)Nc3ccc(Cl)cn3)CC2)cc1. The van der Waals surface area contributed by atoms with Crippen molar-refractivity contribution in [3.8, 4) is 0 Å². The summed E-state index contributed by atoms with van der Waals surface area (Å²) < 4.78 is 0. The molecule has 138 valence electrons. The highest BCUT2D eigenvalue weighted by atomic mass is 35.5. The van der Waals surface area contributed by atoms with Gasteiger partial charge in [0.25, 0.3) is 5.91 Å². The molecule has 0 unspecified atom stereocenters. The number of nitrogens with two attached hydrogens (primary N) is 1. The van der Waals surface area contributed by atoms with E-state index >= 15 is 0 Å². The molecule has 2 aromatic rings. The molecule has 0 saturated carbocycles. The molecule has 0 spiro atoms. The quantitative estimate of drug-likeness (QED) is 0.781. The van der Waals surface area contributed by atoms with Crippen molar-refractivity contribution in [2.45, 2.75) is 12.8 Å². The minimum absolute atomic E-state index is 0. The Hall–Kier alpha value is -2.31. The summed E-state index contributed by atoms with van der Waals surface area (Å²) in [7, 11) is 0. The van der Waals surface area contributed by atoms with E-state index in [0.29, 0.717) is 48.0 Å². The third-order valence-electron chi connectivity index (χ3n) is 4.29. The Bertz CT molecular complexity index is 758. The number of carbonyl (C=O) groups is 2. The lowest BCUT2D eigenvalue weighted by Gasteiger charge is -2.31. The van der Waals surface area contributed by atoms with Crippen LogP contribution >= 0.6 is 24.0 Å². The highest BCUT2D eigenvalue weighted by Gasteiger charge is 2.28. The Morgan fingerprint density at radius 3 is 2.35 bits per heavy atom. The van der Waals surface area contributed by atoms with E-state index in [4.69, 9.17) is 17.3 Å². The highest BCUT2D eigenvalue weighted by Crippen LogP contribution is 2.21. The summed E-state index contributed by atoms with van der Waals surface area (Å²) in [4.78, 5) is 30.6. The van der Waals surface area contributed by atoms with Crippen molar-refractivity contribution in [1.29, 1.82) is 0 Å². The number of halogens is 2. The number of piperidine rings is 1. The number of nitrogens with one attached hydrogen (secondary N) is 1. The van der Waals surface area contributed by atoms with Gasteiger partial charge in [0.05, 0.1) is 5.02 Å². The first kappa shape index (κ1) is 20.0. The van der Waals surface area contributed by atoms with Gasteiger partial charge in [0.2, 0.25) is 5.91 Å². The van der Waals surface area contributed by atoms with Gasteiger partial charge in [-0.1, -0.05) is 11.6 Å². The number of nitrogens with zero attached hydrogens (tertiary/aromatic N) is 2. The molecule has 0 radical (unpaired) electrons. The molecule has 2 amide bonds. The summed E-state index contributed by atoms with van der Waals surface area (Å²) in [5.74, 6) is 0.246. The van der Waals surface area contributed by atoms with Crippen molar-refractivity contribution in [2.24, 2.45) is 5.92 Å². The average Bonchev–Trinajstić information content (AvgIpc) is 2.64. The second-order valence-electron chi connectivity index (χ2n) is 6.04. The zero-order chi connectivity index (χ0) is 17.8. The number of likely N-dealkylation sites (tertiary alicyclic amines) is 1. The largest absolute Gasteiger partial charge is 0.399 e. The van der Waals surface area contributed by atoms with Gasteiger partial charge >= 0.3 is 0 Å². The maximum absolute atomic E-state index is 12.5. The van der Waals surface area contributed by atoms with Crippen molar-refractivity contribution >= 4 is 47.3 Å². The maximum atomic E-state index is 12.5. The third-order valence-corrected chi connectivity index (χ3v) is 4.51. The van der Waals surface area contributed by atoms with Crippen molar-refractivity contribution in [1.82, 2.24) is 9.88 Å². The Morgan fingerprint density at radius 1 is 1.12 bits per heavy atom. The van der Waals surface area contributed by atoms with Crippen LogP contribution in [0.2, 0.25) is 5.02 Å². The van der Waals surface area contributed by atoms with E-state index in [0.717, 1.165) is 0 Å². The Balaban J connectivity index is 0.00000243. The topological polar surface area (TPSA) is 88.3 Å². The zero-order valence-electron chi connectivity index (χ0n) is 14.0. The molecule has 1 aliphatic heterocycles. The van der Waals surface area contributed by atoms with Crippen LogP contribution < -0.4 is 11.1 Å². The second kappa shape index (κ2) is 8.87. The molecular formula is C18H20Cl2N4O2. The van der Waals surface area contributed by atoms with Crippen LogP contribution in [-0.2, 0) is 4.79 Å². The summed E-state index contributed by atoms with van der Waals surface area (Å²) in [6.07, 6.45) is 2.74. The fourth-order valence-corrected chi connectivity index (χ4v) is 2.94. The molecule has 6 nitrogen and oxygen atoms in total. The fraction of sp³-hybridized carbons (Fsp3) is 0.278. The summed E-state index contributed by atoms with van der Waals surface area (Å²) in [6, 6.07) is 10.2. The van der Waals surface area contributed by atoms with Gasteiger partial charge in [-0.15, -0.1) is 12.4 Å². The molecule has 1 aromatic heterocycles. The number of nitrogen functional groups attached to an aromatic ring is 1. The summed E-state index contributed by atoms with van der Waals surface area (Å²) in [5.41, 5.74) is 6.89. The number of carbonyl (C=O) groups excluding carboxylic acids is 2. The minimum atomic E-state index is -0.132. The molecule has 8 heteroatoms. The maximum Gasteiger partial charge on any atom is 0.253 e. The van der Waals surface area contributed by atoms with E-state index < -0.39 is 0 Å². The van der Waals surface area contributed by atoms with E-state index in [1.807, 2.05) is 0 Å². The van der Waals surface area contributed by atoms with Crippen LogP contribution in [0.1, 0.15) is 23.2 Å². The van der Waals surface area contributed by atoms with Gasteiger partial charge in [-0.3, -0.25) is 9.59 Å². The third kappa shape index (κ3) is 4.86. The van der Waals surface area contributed by atoms with Crippen molar-refractivity contribution in [2.75, 3.05) is 24.1 Å². The monoisotopic (exact) mass is 394 g/mol. The highest BCUT2D eigenvalue weighted by molar-refractivity contribution is 6.30. The van der Waals surface area contributed by atoms with E-state index in [1.54, 1.807) is 41.3 Å². The summed E-state index contributed by atoms with van der Waals surface area (Å²) in [5, 5.41) is 3.32. The number of amides is 2. The van der Waals surface area contributed by atoms with Crippen LogP contribution in [0, 0.1) is 5.92 Å². The number of hydrogen-bond donors (Lipinski definition) is 2. The Labute approximate surface area is 163 Å². The average molecular weight is 395 g/mol. The van der Waals surface area contributed by atoms with Gasteiger partial charge in [0.15, 0.2) is 0 Å². The standard InChI is InChI=1S/C18H19ClN4O2.ClH/c19-14-3-6-16(21-11-14)22-17(24)12-7-9-23(10-8-12)18(25)13-1-4-15(20)5-2-13;/h1-6,11-12H,7-10,20H2,(H,21,22,24);1H. The van der Waals surface area contributed by atoms with Gasteiger partial charge in [-0.25, -0.2) is 4.98 Å². The smallest absolute Gasteiger partial charge is 0.253 e. The van der Waals surface area contributed by atoms with Gasteiger partial charge in [0.1, 0.15) is 5.82 Å². The van der Waals surface area contributed by atoms with Crippen LogP contribution in [0.25, 0.3) is 0 Å². The number of pyridine rings is 1. The first-order chi connectivity index (χ1) is 12.0. The lowest BCUT2D eigenvalue weighted by atomic mass is 9.95. The van der Waals surface area contributed by atoms with Crippen LogP contribution in [0.15, 0.2) is 42.6 Å². The molecule has 1 aromatic carbocycles. The normalized spacial score (nSPS) is 14.4. The fourth-order valence-electron chi connectivity index (χ4n) is 2.83. The van der Waals surface area contributed by atoms with E-state index in [-0.39, 0.29) is 30.1 Å². The van der Waals surface area contributed by atoms with Gasteiger partial charge in [0, 0.05) is 36.5 Å². The minimum Gasteiger partial charge on any atom is -0.399 e.